The molecule has 0 bridgehead atoms. The number of nitrogens with one attached hydrogen (secondary N) is 2. The van der Waals surface area contributed by atoms with E-state index in [0.29, 0.717) is 20.2 Å². The SMILES string of the molecule is CC(Sc1nnc(Nc2ccc(Oc3ccccc3)cc2)s1)C(=O)Nc1cccc(Cl)c1. The van der Waals surface area contributed by atoms with E-state index in [1.165, 1.54) is 23.1 Å². The van der Waals surface area contributed by atoms with Crippen molar-refractivity contribution in [2.45, 2.75) is 16.5 Å². The molecule has 4 rings (SSSR count). The number of hydrogen-bond donors (Lipinski definition) is 2. The molecule has 0 aliphatic carbocycles. The first-order valence-electron chi connectivity index (χ1n) is 9.72. The third-order valence-electron chi connectivity index (χ3n) is 4.23. The number of amides is 1. The van der Waals surface area contributed by atoms with Crippen LogP contribution in [0.5, 0.6) is 11.5 Å². The molecule has 0 radical (unpaired) electrons. The van der Waals surface area contributed by atoms with Gasteiger partial charge in [-0.15, -0.1) is 10.2 Å². The van der Waals surface area contributed by atoms with Crippen molar-refractivity contribution in [2.24, 2.45) is 0 Å². The van der Waals surface area contributed by atoms with Crippen LogP contribution in [0.4, 0.5) is 16.5 Å². The summed E-state index contributed by atoms with van der Waals surface area (Å²) in [5.41, 5.74) is 1.53. The van der Waals surface area contributed by atoms with Crippen LogP contribution in [0.3, 0.4) is 0 Å². The molecule has 0 aliphatic heterocycles. The Morgan fingerprint density at radius 3 is 2.47 bits per heavy atom. The summed E-state index contributed by atoms with van der Waals surface area (Å²) in [6.07, 6.45) is 0. The molecule has 1 heterocycles. The van der Waals surface area contributed by atoms with Crippen molar-refractivity contribution in [2.75, 3.05) is 10.6 Å². The van der Waals surface area contributed by atoms with E-state index in [4.69, 9.17) is 16.3 Å². The summed E-state index contributed by atoms with van der Waals surface area (Å²) in [5, 5.41) is 15.3. The Morgan fingerprint density at radius 1 is 0.969 bits per heavy atom. The summed E-state index contributed by atoms with van der Waals surface area (Å²) in [7, 11) is 0. The van der Waals surface area contributed by atoms with Crippen LogP contribution in [0.15, 0.2) is 83.2 Å². The summed E-state index contributed by atoms with van der Waals surface area (Å²) < 4.78 is 6.50. The number of anilines is 3. The second-order valence-corrected chi connectivity index (χ2v) is 9.70. The van der Waals surface area contributed by atoms with Gasteiger partial charge in [0.15, 0.2) is 4.34 Å². The standard InChI is InChI=1S/C23H19ClN4O2S2/c1-15(21(29)25-18-7-5-6-16(24)14-18)31-23-28-27-22(32-23)26-17-10-12-20(13-11-17)30-19-8-3-2-4-9-19/h2-15H,1H3,(H,25,29)(H,26,27). The summed E-state index contributed by atoms with van der Waals surface area (Å²) >= 11 is 8.70. The summed E-state index contributed by atoms with van der Waals surface area (Å²) in [6.45, 7) is 1.82. The number of benzene rings is 3. The van der Waals surface area contributed by atoms with Crippen molar-refractivity contribution in [1.82, 2.24) is 10.2 Å². The third kappa shape index (κ3) is 6.23. The lowest BCUT2D eigenvalue weighted by atomic mass is 10.3. The molecule has 2 N–H and O–H groups in total. The molecule has 1 unspecified atom stereocenters. The number of carbonyl (C=O) groups is 1. The topological polar surface area (TPSA) is 76.1 Å². The normalized spacial score (nSPS) is 11.6. The van der Waals surface area contributed by atoms with E-state index in [1.54, 1.807) is 24.3 Å². The average molecular weight is 483 g/mol. The number of halogens is 1. The van der Waals surface area contributed by atoms with Crippen LogP contribution in [0.25, 0.3) is 0 Å². The maximum absolute atomic E-state index is 12.4. The number of rotatable bonds is 8. The molecule has 3 aromatic carbocycles. The molecule has 1 aromatic heterocycles. The lowest BCUT2D eigenvalue weighted by Gasteiger charge is -2.10. The molecule has 0 spiro atoms. The van der Waals surface area contributed by atoms with Gasteiger partial charge in [0, 0.05) is 16.4 Å². The quantitative estimate of drug-likeness (QED) is 0.267. The molecular weight excluding hydrogens is 464 g/mol. The molecule has 0 saturated heterocycles. The van der Waals surface area contributed by atoms with Crippen LogP contribution < -0.4 is 15.4 Å². The van der Waals surface area contributed by atoms with Gasteiger partial charge < -0.3 is 15.4 Å². The highest BCUT2D eigenvalue weighted by Gasteiger charge is 2.17. The number of carbonyl (C=O) groups excluding carboxylic acids is 1. The van der Waals surface area contributed by atoms with E-state index in [9.17, 15) is 4.79 Å². The summed E-state index contributed by atoms with van der Waals surface area (Å²) in [5.74, 6) is 1.40. The van der Waals surface area contributed by atoms with Gasteiger partial charge in [-0.05, 0) is 61.5 Å². The van der Waals surface area contributed by atoms with Crippen LogP contribution in [0.1, 0.15) is 6.92 Å². The van der Waals surface area contributed by atoms with Gasteiger partial charge in [0.1, 0.15) is 11.5 Å². The van der Waals surface area contributed by atoms with Gasteiger partial charge in [-0.1, -0.05) is 59.0 Å². The van der Waals surface area contributed by atoms with E-state index < -0.39 is 0 Å². The molecule has 1 atom stereocenters. The second kappa shape index (κ2) is 10.5. The fraction of sp³-hybridized carbons (Fsp3) is 0.0870. The number of hydrogen-bond acceptors (Lipinski definition) is 7. The van der Waals surface area contributed by atoms with Gasteiger partial charge in [-0.2, -0.15) is 0 Å². The minimum Gasteiger partial charge on any atom is -0.457 e. The number of nitrogens with zero attached hydrogens (tertiary/aromatic N) is 2. The maximum atomic E-state index is 12.4. The number of aromatic nitrogens is 2. The molecule has 0 saturated carbocycles. The molecule has 162 valence electrons. The predicted octanol–water partition coefficient (Wildman–Crippen LogP) is 6.85. The molecular formula is C23H19ClN4O2S2. The Morgan fingerprint density at radius 2 is 1.72 bits per heavy atom. The van der Waals surface area contributed by atoms with Gasteiger partial charge >= 0.3 is 0 Å². The highest BCUT2D eigenvalue weighted by Crippen LogP contribution is 2.31. The van der Waals surface area contributed by atoms with Crippen molar-refractivity contribution in [3.63, 3.8) is 0 Å². The second-order valence-electron chi connectivity index (χ2n) is 6.70. The number of para-hydroxylation sites is 1. The molecule has 4 aromatic rings. The fourth-order valence-corrected chi connectivity index (χ4v) is 4.78. The molecule has 6 nitrogen and oxygen atoms in total. The van der Waals surface area contributed by atoms with Crippen LogP contribution in [0.2, 0.25) is 5.02 Å². The van der Waals surface area contributed by atoms with Gasteiger partial charge in [0.05, 0.1) is 5.25 Å². The van der Waals surface area contributed by atoms with E-state index in [1.807, 2.05) is 61.5 Å². The molecule has 1 amide bonds. The Balaban J connectivity index is 1.31. The summed E-state index contributed by atoms with van der Waals surface area (Å²) in [4.78, 5) is 12.4. The Hall–Kier alpha value is -3.07. The highest BCUT2D eigenvalue weighted by atomic mass is 35.5. The Kier molecular flexibility index (Phi) is 7.26. The van der Waals surface area contributed by atoms with Crippen molar-refractivity contribution >= 4 is 57.1 Å². The van der Waals surface area contributed by atoms with E-state index in [0.717, 1.165) is 17.2 Å². The lowest BCUT2D eigenvalue weighted by molar-refractivity contribution is -0.115. The minimum absolute atomic E-state index is 0.129. The summed E-state index contributed by atoms with van der Waals surface area (Å²) in [6, 6.07) is 24.3. The van der Waals surface area contributed by atoms with Gasteiger partial charge in [-0.3, -0.25) is 4.79 Å². The van der Waals surface area contributed by atoms with Gasteiger partial charge in [-0.25, -0.2) is 0 Å². The zero-order valence-electron chi connectivity index (χ0n) is 17.0. The zero-order chi connectivity index (χ0) is 22.3. The van der Waals surface area contributed by atoms with Crippen LogP contribution in [0, 0.1) is 0 Å². The smallest absolute Gasteiger partial charge is 0.237 e. The molecule has 32 heavy (non-hydrogen) atoms. The largest absolute Gasteiger partial charge is 0.457 e. The van der Waals surface area contributed by atoms with E-state index in [-0.39, 0.29) is 11.2 Å². The zero-order valence-corrected chi connectivity index (χ0v) is 19.4. The highest BCUT2D eigenvalue weighted by molar-refractivity contribution is 8.02. The third-order valence-corrected chi connectivity index (χ3v) is 6.49. The van der Waals surface area contributed by atoms with Gasteiger partial charge in [0.2, 0.25) is 11.0 Å². The first-order valence-corrected chi connectivity index (χ1v) is 11.8. The molecule has 0 fully saturated rings. The van der Waals surface area contributed by atoms with E-state index in [2.05, 4.69) is 20.8 Å². The lowest BCUT2D eigenvalue weighted by Crippen LogP contribution is -2.22. The number of thioether (sulfide) groups is 1. The van der Waals surface area contributed by atoms with Crippen molar-refractivity contribution < 1.29 is 9.53 Å². The first kappa shape index (κ1) is 22.1. The maximum Gasteiger partial charge on any atom is 0.237 e. The van der Waals surface area contributed by atoms with Crippen molar-refractivity contribution in [3.8, 4) is 11.5 Å². The molecule has 9 heteroatoms. The number of ether oxygens (including phenoxy) is 1. The van der Waals surface area contributed by atoms with Crippen LogP contribution >= 0.6 is 34.7 Å². The van der Waals surface area contributed by atoms with E-state index >= 15 is 0 Å². The van der Waals surface area contributed by atoms with Crippen LogP contribution in [-0.4, -0.2) is 21.4 Å². The Bertz CT molecular complexity index is 1190. The Labute approximate surface area is 199 Å². The van der Waals surface area contributed by atoms with Crippen molar-refractivity contribution in [1.29, 1.82) is 0 Å². The fourth-order valence-electron chi connectivity index (χ4n) is 2.68. The first-order chi connectivity index (χ1) is 15.5. The monoisotopic (exact) mass is 482 g/mol. The van der Waals surface area contributed by atoms with Crippen molar-refractivity contribution in [3.05, 3.63) is 83.9 Å². The molecule has 0 aliphatic rings. The average Bonchev–Trinajstić information content (AvgIpc) is 3.22. The predicted molar refractivity (Wildman–Crippen MR) is 132 cm³/mol. The van der Waals surface area contributed by atoms with Crippen LogP contribution in [-0.2, 0) is 4.79 Å². The minimum atomic E-state index is -0.343. The van der Waals surface area contributed by atoms with Gasteiger partial charge in [0.25, 0.3) is 0 Å².